The molecule has 0 radical (unpaired) electrons. The lowest BCUT2D eigenvalue weighted by Gasteiger charge is -2.56. The Morgan fingerprint density at radius 3 is 2.00 bits per heavy atom. The molecule has 94 heavy (non-hydrogen) atoms. The molecule has 1 amide bonds. The largest absolute Gasteiger partial charge is 0.496 e. The first-order chi connectivity index (χ1) is 44.4. The number of methoxy groups -OCH3 is 2. The number of hydrogen-bond donors (Lipinski definition) is 4. The Hall–Kier alpha value is -5.07. The normalized spacial score (nSPS) is 47.0. The van der Waals surface area contributed by atoms with Crippen LogP contribution < -0.4 is 5.32 Å². The lowest BCUT2D eigenvalue weighted by molar-refractivity contribution is -0.584. The van der Waals surface area contributed by atoms with Crippen LogP contribution in [0.4, 0.5) is 4.79 Å². The lowest BCUT2D eigenvalue weighted by atomic mass is 9.48. The van der Waals surface area contributed by atoms with Crippen molar-refractivity contribution < 1.29 is 111 Å². The minimum Gasteiger partial charge on any atom is -0.496 e. The molecule has 2 bridgehead atoms. The molecule has 6 heterocycles. The number of rotatable bonds is 15. The minimum atomic E-state index is -1.90. The summed E-state index contributed by atoms with van der Waals surface area (Å²) in [4.78, 5) is 81.8. The van der Waals surface area contributed by atoms with Crippen molar-refractivity contribution in [2.75, 3.05) is 14.2 Å². The van der Waals surface area contributed by atoms with E-state index in [1.165, 1.54) is 27.0 Å². The van der Waals surface area contributed by atoms with E-state index in [0.29, 0.717) is 44.0 Å². The van der Waals surface area contributed by atoms with E-state index in [4.69, 9.17) is 66.3 Å². The third kappa shape index (κ3) is 14.0. The number of carbonyl (C=O) groups is 5. The molecule has 4 aliphatic carbocycles. The maximum Gasteiger partial charge on any atom is 0.407 e. The molecule has 26 heteroatoms. The summed E-state index contributed by atoms with van der Waals surface area (Å²) in [6.45, 7) is 21.3. The predicted molar refractivity (Wildman–Crippen MR) is 330 cm³/mol. The molecule has 1 saturated carbocycles. The van der Waals surface area contributed by atoms with E-state index in [1.807, 2.05) is 39.8 Å². The highest BCUT2D eigenvalue weighted by Crippen LogP contribution is 2.60. The maximum absolute atomic E-state index is 16.4. The number of hydrogen-bond acceptors (Lipinski definition) is 24. The second-order valence-electron chi connectivity index (χ2n) is 28.4. The number of Topliss-reactive ketones (excluding diaryl/α,β-unsaturated/α-hetero) is 1. The smallest absolute Gasteiger partial charge is 0.407 e. The standard InChI is InChI=1S/C68H98N2O24/c1-31-15-19-48(89-55-29-66(11,70(79)80)61(39(9)87-55)69-65(78)82-14)32(2)24-44-46(74)25-41(30-71)28-68(44)63(81-13)56(64(77)94-68)62(76)67(12)43(31)17-16-42-57(67)33(3)23-34(4)58(42)93-54-27-50(60(38(8)86-54)88-40(10)72)91-51-22-20-49(36(6)84-51)90-53-26-47(75)59(37(7)85-53)92-52-21-18-45(73)35(5)83-52/h15-17,24-25,30,33-39,42-55,57-61,73-75H,18-23,26-29H2,1-14H3,(H,69,78)/b31-15+,32-24-/t33-,34-,35?,36-,37?,38?,39-,42-,43-,44+,45+,46?,47-,48-,49?,50-,51+,52?,53?,54?,55-,57+,58-,59-,60-,61?,66?,67+,68-/m0/s1. The van der Waals surface area contributed by atoms with Crippen molar-refractivity contribution in [1.29, 1.82) is 0 Å². The van der Waals surface area contributed by atoms with Crippen LogP contribution in [-0.4, -0.2) is 199 Å². The van der Waals surface area contributed by atoms with E-state index < -0.39 is 192 Å². The van der Waals surface area contributed by atoms with Crippen molar-refractivity contribution >= 4 is 30.1 Å². The molecule has 0 aromatic heterocycles. The second kappa shape index (κ2) is 28.8. The molecule has 524 valence electrons. The Morgan fingerprint density at radius 1 is 0.713 bits per heavy atom. The first-order valence-electron chi connectivity index (χ1n) is 33.5. The molecule has 5 saturated heterocycles. The summed E-state index contributed by atoms with van der Waals surface area (Å²) >= 11 is 0. The molecule has 6 aliphatic heterocycles. The number of aliphatic hydroxyl groups excluding tert-OH is 3. The molecule has 29 atom stereocenters. The molecule has 10 rings (SSSR count). The van der Waals surface area contributed by atoms with Gasteiger partial charge < -0.3 is 87.0 Å². The maximum atomic E-state index is 16.4. The summed E-state index contributed by atoms with van der Waals surface area (Å²) in [5.41, 5.74) is -4.12. The third-order valence-corrected chi connectivity index (χ3v) is 21.9. The van der Waals surface area contributed by atoms with Gasteiger partial charge in [0.15, 0.2) is 54.7 Å². The first kappa shape index (κ1) is 71.7. The zero-order valence-electron chi connectivity index (χ0n) is 56.4. The number of alkyl carbamates (subject to hydrolysis) is 1. The summed E-state index contributed by atoms with van der Waals surface area (Å²) in [6.07, 6.45) is -3.25. The van der Waals surface area contributed by atoms with Crippen LogP contribution in [0.5, 0.6) is 0 Å². The van der Waals surface area contributed by atoms with Gasteiger partial charge in [0.1, 0.15) is 30.1 Å². The van der Waals surface area contributed by atoms with Crippen LogP contribution in [0.25, 0.3) is 0 Å². The zero-order valence-corrected chi connectivity index (χ0v) is 56.4. The fraction of sp³-hybridized carbons (Fsp3) is 0.779. The number of aldehydes is 1. The summed E-state index contributed by atoms with van der Waals surface area (Å²) in [6, 6.07) is -1.11. The van der Waals surface area contributed by atoms with Crippen molar-refractivity contribution in [2.45, 2.75) is 281 Å². The Kier molecular flexibility index (Phi) is 22.0. The van der Waals surface area contributed by atoms with Gasteiger partial charge in [-0.3, -0.25) is 24.5 Å². The van der Waals surface area contributed by atoms with E-state index in [9.17, 15) is 44.6 Å². The molecule has 10 aliphatic rings. The van der Waals surface area contributed by atoms with Crippen molar-refractivity contribution in [1.82, 2.24) is 5.32 Å². The molecule has 10 unspecified atom stereocenters. The van der Waals surface area contributed by atoms with Gasteiger partial charge in [0.2, 0.25) is 5.54 Å². The van der Waals surface area contributed by atoms with E-state index >= 15 is 4.79 Å². The molecular formula is C68H98N2O24. The highest BCUT2D eigenvalue weighted by atomic mass is 16.8. The average molecular weight is 1330 g/mol. The van der Waals surface area contributed by atoms with Gasteiger partial charge in [-0.1, -0.05) is 50.6 Å². The number of nitro groups is 1. The van der Waals surface area contributed by atoms with Crippen LogP contribution >= 0.6 is 0 Å². The number of esters is 2. The van der Waals surface area contributed by atoms with Crippen LogP contribution in [0.2, 0.25) is 0 Å². The van der Waals surface area contributed by atoms with Gasteiger partial charge in [0, 0.05) is 68.1 Å². The number of carbonyl (C=O) groups excluding carboxylic acids is 5. The Balaban J connectivity index is 0.912. The zero-order chi connectivity index (χ0) is 68.2. The molecule has 26 nitrogen and oxygen atoms in total. The topological polar surface area (TPSA) is 330 Å². The second-order valence-corrected chi connectivity index (χ2v) is 28.4. The van der Waals surface area contributed by atoms with Gasteiger partial charge in [-0.15, -0.1) is 0 Å². The van der Waals surface area contributed by atoms with Crippen molar-refractivity contribution in [3.05, 3.63) is 68.5 Å². The SMILES string of the molecule is COC(=O)NC1[C@H](C)O[C@@H](O[C@H]2C/C=C(\C)[C@@H]3C=C[C@@H]4[C@@H](OC5C[C@H](O[C@@H]6CCC(OC7C[C@H](O)[C@@H](OC8CC[C@@H](O)C(C)O8)C(C)O7)[C@H](C)O6)[C@@H](OC(C)=O)C(C)O5)[C@@H](C)C[C@H](C)[C@H]4[C@]3(C)C(=O)C3=C(OC)[C@@]4(CC(C=O)=CC(O)[C@H]4/C=C\2C)OC3=O)CC1(C)[N+](=O)[O-]. The molecule has 4 N–H and O–H groups in total. The van der Waals surface area contributed by atoms with Crippen LogP contribution in [0, 0.1) is 51.0 Å². The number of nitrogens with one attached hydrogen (secondary N) is 1. The molecule has 6 fully saturated rings. The van der Waals surface area contributed by atoms with E-state index in [1.54, 1.807) is 33.8 Å². The Labute approximate surface area is 549 Å². The monoisotopic (exact) mass is 1330 g/mol. The van der Waals surface area contributed by atoms with Gasteiger partial charge in [-0.05, 0) is 109 Å². The quantitative estimate of drug-likeness (QED) is 0.0260. The summed E-state index contributed by atoms with van der Waals surface area (Å²) in [5.74, 6) is -5.32. The summed E-state index contributed by atoms with van der Waals surface area (Å²) in [5, 5.41) is 49.0. The van der Waals surface area contributed by atoms with Crippen molar-refractivity contribution in [3.63, 3.8) is 0 Å². The summed E-state index contributed by atoms with van der Waals surface area (Å²) in [7, 11) is 2.48. The molecule has 1 spiro atoms. The molecule has 0 aromatic rings. The number of nitrogens with zero attached hydrogens (tertiary/aromatic N) is 1. The van der Waals surface area contributed by atoms with Gasteiger partial charge in [-0.2, -0.15) is 0 Å². The Bertz CT molecular complexity index is 2970. The van der Waals surface area contributed by atoms with Crippen LogP contribution in [0.1, 0.15) is 147 Å². The van der Waals surface area contributed by atoms with Gasteiger partial charge in [0.25, 0.3) is 0 Å². The summed E-state index contributed by atoms with van der Waals surface area (Å²) < 4.78 is 88.2. The highest BCUT2D eigenvalue weighted by Gasteiger charge is 2.65. The van der Waals surface area contributed by atoms with Crippen molar-refractivity contribution in [3.8, 4) is 0 Å². The minimum absolute atomic E-state index is 0.108. The van der Waals surface area contributed by atoms with Gasteiger partial charge >= 0.3 is 18.0 Å². The molecular weight excluding hydrogens is 1230 g/mol. The predicted octanol–water partition coefficient (Wildman–Crippen LogP) is 6.45. The van der Waals surface area contributed by atoms with Gasteiger partial charge in [0.05, 0.1) is 93.7 Å². The number of allylic oxidation sites excluding steroid dienone is 2. The highest BCUT2D eigenvalue weighted by molar-refractivity contribution is 6.21. The van der Waals surface area contributed by atoms with Crippen LogP contribution in [0.15, 0.2) is 58.4 Å². The van der Waals surface area contributed by atoms with E-state index in [0.717, 1.165) is 12.7 Å². The van der Waals surface area contributed by atoms with Crippen molar-refractivity contribution in [2.24, 2.45) is 40.9 Å². The number of amides is 1. The van der Waals surface area contributed by atoms with E-state index in [-0.39, 0.29) is 60.8 Å². The molecule has 0 aromatic carbocycles. The lowest BCUT2D eigenvalue weighted by Crippen LogP contribution is -2.65. The number of fused-ring (bicyclic) bond motifs is 3. The number of ether oxygens (including phenoxy) is 14. The number of ketones is 1. The first-order valence-corrected chi connectivity index (χ1v) is 33.5. The van der Waals surface area contributed by atoms with E-state index in [2.05, 4.69) is 25.2 Å². The fourth-order valence-electron chi connectivity index (χ4n) is 17.2. The fourth-order valence-corrected chi connectivity index (χ4v) is 17.2. The van der Waals surface area contributed by atoms with Crippen LogP contribution in [-0.2, 0) is 85.5 Å². The number of aliphatic hydroxyl groups is 3. The Morgan fingerprint density at radius 2 is 1.35 bits per heavy atom. The van der Waals surface area contributed by atoms with Gasteiger partial charge in [-0.25, -0.2) is 9.59 Å². The average Bonchev–Trinajstić information content (AvgIpc) is 1.35. The van der Waals surface area contributed by atoms with Crippen LogP contribution in [0.3, 0.4) is 0 Å². The third-order valence-electron chi connectivity index (χ3n) is 21.9.